The van der Waals surface area contributed by atoms with Crippen LogP contribution in [0.3, 0.4) is 0 Å². The lowest BCUT2D eigenvalue weighted by molar-refractivity contribution is 0.455. The van der Waals surface area contributed by atoms with E-state index in [1.54, 1.807) is 6.20 Å². The van der Waals surface area contributed by atoms with E-state index in [0.717, 1.165) is 28.4 Å². The number of rotatable bonds is 4. The van der Waals surface area contributed by atoms with Gasteiger partial charge in [-0.3, -0.25) is 0 Å². The van der Waals surface area contributed by atoms with Crippen LogP contribution >= 0.6 is 11.6 Å². The average molecular weight is 291 g/mol. The third kappa shape index (κ3) is 2.29. The van der Waals surface area contributed by atoms with E-state index in [1.807, 2.05) is 30.5 Å². The third-order valence-corrected chi connectivity index (χ3v) is 3.46. The second-order valence-corrected chi connectivity index (χ2v) is 5.03. The van der Waals surface area contributed by atoms with Gasteiger partial charge in [-0.2, -0.15) is 0 Å². The van der Waals surface area contributed by atoms with Crippen LogP contribution in [-0.4, -0.2) is 25.4 Å². The van der Waals surface area contributed by atoms with Gasteiger partial charge in [0.25, 0.3) is 0 Å². The fourth-order valence-corrected chi connectivity index (χ4v) is 2.36. The van der Waals surface area contributed by atoms with Gasteiger partial charge in [-0.05, 0) is 26.0 Å². The minimum Gasteiger partial charge on any atom is -0.444 e. The zero-order valence-corrected chi connectivity index (χ0v) is 12.2. The number of imidazole rings is 1. The minimum atomic E-state index is 0.521. The summed E-state index contributed by atoms with van der Waals surface area (Å²) < 4.78 is 7.67. The topological polar surface area (TPSA) is 56.7 Å². The Bertz CT molecular complexity index is 727. The molecule has 0 N–H and O–H groups in total. The van der Waals surface area contributed by atoms with Crippen molar-refractivity contribution in [2.75, 3.05) is 5.88 Å². The number of nitrogens with zero attached hydrogens (tertiary/aromatic N) is 4. The number of aromatic nitrogens is 4. The van der Waals surface area contributed by atoms with E-state index < -0.39 is 0 Å². The van der Waals surface area contributed by atoms with Crippen LogP contribution in [0.1, 0.15) is 23.2 Å². The van der Waals surface area contributed by atoms with Gasteiger partial charge in [0.05, 0.1) is 5.69 Å². The van der Waals surface area contributed by atoms with Crippen molar-refractivity contribution < 1.29 is 4.42 Å². The molecule has 0 spiro atoms. The van der Waals surface area contributed by atoms with Gasteiger partial charge in [0.1, 0.15) is 23.6 Å². The molecular weight excluding hydrogens is 276 g/mol. The van der Waals surface area contributed by atoms with Crippen molar-refractivity contribution in [2.45, 2.75) is 26.8 Å². The number of hydrogen-bond acceptors (Lipinski definition) is 4. The van der Waals surface area contributed by atoms with Crippen LogP contribution in [-0.2, 0) is 13.0 Å². The Kier molecular flexibility index (Phi) is 3.44. The SMILES string of the molecule is Cc1nc(Cn2c(CCCl)nc3cccnc32)oc1C. The number of alkyl halides is 1. The second kappa shape index (κ2) is 5.25. The van der Waals surface area contributed by atoms with Crippen LogP contribution < -0.4 is 0 Å². The number of pyridine rings is 1. The number of oxazole rings is 1. The highest BCUT2D eigenvalue weighted by molar-refractivity contribution is 6.17. The molecule has 6 heteroatoms. The molecule has 0 aliphatic heterocycles. The number of fused-ring (bicyclic) bond motifs is 1. The van der Waals surface area contributed by atoms with Gasteiger partial charge in [0.15, 0.2) is 5.65 Å². The van der Waals surface area contributed by atoms with E-state index in [9.17, 15) is 0 Å². The maximum absolute atomic E-state index is 5.86. The van der Waals surface area contributed by atoms with Gasteiger partial charge in [-0.1, -0.05) is 0 Å². The first kappa shape index (κ1) is 13.1. The van der Waals surface area contributed by atoms with Crippen molar-refractivity contribution in [2.24, 2.45) is 0 Å². The maximum atomic E-state index is 5.86. The smallest absolute Gasteiger partial charge is 0.214 e. The first-order chi connectivity index (χ1) is 9.69. The van der Waals surface area contributed by atoms with Crippen LogP contribution in [0.25, 0.3) is 11.2 Å². The third-order valence-electron chi connectivity index (χ3n) is 3.27. The first-order valence-corrected chi connectivity index (χ1v) is 7.01. The lowest BCUT2D eigenvalue weighted by Gasteiger charge is -2.04. The lowest BCUT2D eigenvalue weighted by Crippen LogP contribution is -2.07. The first-order valence-electron chi connectivity index (χ1n) is 6.48. The van der Waals surface area contributed by atoms with E-state index in [-0.39, 0.29) is 0 Å². The molecule has 0 saturated heterocycles. The Hall–Kier alpha value is -1.88. The van der Waals surface area contributed by atoms with Gasteiger partial charge < -0.3 is 8.98 Å². The average Bonchev–Trinajstić information content (AvgIpc) is 2.93. The molecule has 104 valence electrons. The summed E-state index contributed by atoms with van der Waals surface area (Å²) in [6.07, 6.45) is 2.45. The van der Waals surface area contributed by atoms with Crippen molar-refractivity contribution in [3.05, 3.63) is 41.5 Å². The molecular formula is C14H15ClN4O. The van der Waals surface area contributed by atoms with Gasteiger partial charge in [0, 0.05) is 18.5 Å². The molecule has 0 aliphatic rings. The minimum absolute atomic E-state index is 0.521. The summed E-state index contributed by atoms with van der Waals surface area (Å²) in [6, 6.07) is 3.83. The van der Waals surface area contributed by atoms with Crippen molar-refractivity contribution in [1.29, 1.82) is 0 Å². The Morgan fingerprint density at radius 3 is 2.85 bits per heavy atom. The summed E-state index contributed by atoms with van der Waals surface area (Å²) in [6.45, 7) is 4.37. The van der Waals surface area contributed by atoms with Gasteiger partial charge in [-0.25, -0.2) is 15.0 Å². The molecule has 20 heavy (non-hydrogen) atoms. The zero-order chi connectivity index (χ0) is 14.1. The van der Waals surface area contributed by atoms with Crippen LogP contribution in [0, 0.1) is 13.8 Å². The summed E-state index contributed by atoms with van der Waals surface area (Å²) >= 11 is 5.86. The fraction of sp³-hybridized carbons (Fsp3) is 0.357. The molecule has 3 heterocycles. The molecule has 3 rings (SSSR count). The van der Waals surface area contributed by atoms with Crippen LogP contribution in [0.5, 0.6) is 0 Å². The predicted octanol–water partition coefficient (Wildman–Crippen LogP) is 2.87. The quantitative estimate of drug-likeness (QED) is 0.693. The number of halogens is 1. The van der Waals surface area contributed by atoms with Crippen LogP contribution in [0.15, 0.2) is 22.7 Å². The van der Waals surface area contributed by atoms with Gasteiger partial charge in [0.2, 0.25) is 5.89 Å². The molecule has 0 fully saturated rings. The number of aryl methyl sites for hydroxylation is 3. The summed E-state index contributed by atoms with van der Waals surface area (Å²) in [5.41, 5.74) is 2.62. The fourth-order valence-electron chi connectivity index (χ4n) is 2.19. The maximum Gasteiger partial charge on any atom is 0.214 e. The highest BCUT2D eigenvalue weighted by atomic mass is 35.5. The van der Waals surface area contributed by atoms with E-state index >= 15 is 0 Å². The Morgan fingerprint density at radius 1 is 1.30 bits per heavy atom. The van der Waals surface area contributed by atoms with Gasteiger partial charge in [-0.15, -0.1) is 11.6 Å². The number of hydrogen-bond donors (Lipinski definition) is 0. The van der Waals surface area contributed by atoms with Crippen molar-refractivity contribution >= 4 is 22.8 Å². The Morgan fingerprint density at radius 2 is 2.15 bits per heavy atom. The summed E-state index contributed by atoms with van der Waals surface area (Å²) in [7, 11) is 0. The lowest BCUT2D eigenvalue weighted by atomic mass is 10.4. The molecule has 0 unspecified atom stereocenters. The molecule has 3 aromatic rings. The highest BCUT2D eigenvalue weighted by Gasteiger charge is 2.14. The van der Waals surface area contributed by atoms with Crippen molar-refractivity contribution in [1.82, 2.24) is 19.5 Å². The summed E-state index contributed by atoms with van der Waals surface area (Å²) in [5.74, 6) is 2.94. The molecule has 0 aliphatic carbocycles. The zero-order valence-electron chi connectivity index (χ0n) is 11.4. The molecule has 0 saturated carbocycles. The molecule has 0 amide bonds. The van der Waals surface area contributed by atoms with E-state index in [1.165, 1.54) is 0 Å². The molecule has 0 atom stereocenters. The van der Waals surface area contributed by atoms with Gasteiger partial charge >= 0.3 is 0 Å². The molecule has 0 aromatic carbocycles. The van der Waals surface area contributed by atoms with Crippen LogP contribution in [0.4, 0.5) is 0 Å². The van der Waals surface area contributed by atoms with E-state index in [4.69, 9.17) is 16.0 Å². The molecule has 5 nitrogen and oxygen atoms in total. The molecule has 0 radical (unpaired) electrons. The Balaban J connectivity index is 2.06. The standard InChI is InChI=1S/C14H15ClN4O/c1-9-10(2)20-13(17-9)8-19-12(5-6-15)18-11-4-3-7-16-14(11)19/h3-4,7H,5-6,8H2,1-2H3. The largest absolute Gasteiger partial charge is 0.444 e. The monoisotopic (exact) mass is 290 g/mol. The predicted molar refractivity (Wildman–Crippen MR) is 77.0 cm³/mol. The molecule has 0 bridgehead atoms. The highest BCUT2D eigenvalue weighted by Crippen LogP contribution is 2.17. The Labute approximate surface area is 121 Å². The van der Waals surface area contributed by atoms with E-state index in [2.05, 4.69) is 15.0 Å². The van der Waals surface area contributed by atoms with Crippen molar-refractivity contribution in [3.63, 3.8) is 0 Å². The normalized spacial score (nSPS) is 11.3. The second-order valence-electron chi connectivity index (χ2n) is 4.65. The molecule has 3 aromatic heterocycles. The van der Waals surface area contributed by atoms with E-state index in [0.29, 0.717) is 24.7 Å². The summed E-state index contributed by atoms with van der Waals surface area (Å²) in [4.78, 5) is 13.4. The summed E-state index contributed by atoms with van der Waals surface area (Å²) in [5, 5.41) is 0. The van der Waals surface area contributed by atoms with Crippen molar-refractivity contribution in [3.8, 4) is 0 Å². The van der Waals surface area contributed by atoms with Crippen LogP contribution in [0.2, 0.25) is 0 Å².